The van der Waals surface area contributed by atoms with Gasteiger partial charge in [-0.2, -0.15) is 0 Å². The highest BCUT2D eigenvalue weighted by molar-refractivity contribution is 5.70. The minimum Gasteiger partial charge on any atom is -0.462 e. The molecule has 1 atom stereocenters. The third-order valence-corrected chi connectivity index (χ3v) is 12.2. The largest absolute Gasteiger partial charge is 0.462 e. The number of carbonyl (C=O) groups is 2. The monoisotopic (exact) mass is 921 g/mol. The average molecular weight is 922 g/mol. The lowest BCUT2D eigenvalue weighted by Crippen LogP contribution is -2.30. The fourth-order valence-electron chi connectivity index (χ4n) is 8.07. The van der Waals surface area contributed by atoms with E-state index in [1.165, 1.54) is 148 Å². The molecule has 0 aliphatic heterocycles. The van der Waals surface area contributed by atoms with Crippen LogP contribution in [0.1, 0.15) is 278 Å². The van der Waals surface area contributed by atoms with Gasteiger partial charge >= 0.3 is 11.9 Å². The summed E-state index contributed by atoms with van der Waals surface area (Å²) in [5.74, 6) is -0.414. The first-order valence-corrected chi connectivity index (χ1v) is 28.5. The van der Waals surface area contributed by atoms with E-state index < -0.39 is 6.10 Å². The first kappa shape index (κ1) is 63.3. The van der Waals surface area contributed by atoms with E-state index in [0.717, 1.165) is 96.3 Å². The van der Waals surface area contributed by atoms with Gasteiger partial charge in [-0.15, -0.1) is 0 Å². The summed E-state index contributed by atoms with van der Waals surface area (Å²) in [4.78, 5) is 25.5. The summed E-state index contributed by atoms with van der Waals surface area (Å²) in [6, 6.07) is 0. The van der Waals surface area contributed by atoms with Crippen LogP contribution in [-0.4, -0.2) is 37.9 Å². The predicted octanol–water partition coefficient (Wildman–Crippen LogP) is 19.5. The highest BCUT2D eigenvalue weighted by Gasteiger charge is 2.17. The molecule has 0 saturated heterocycles. The highest BCUT2D eigenvalue weighted by atomic mass is 16.6. The molecule has 0 saturated carbocycles. The molecule has 1 unspecified atom stereocenters. The molecule has 5 heteroatoms. The van der Waals surface area contributed by atoms with E-state index in [1.54, 1.807) is 0 Å². The van der Waals surface area contributed by atoms with E-state index in [-0.39, 0.29) is 25.2 Å². The molecule has 0 amide bonds. The smallest absolute Gasteiger partial charge is 0.306 e. The summed E-state index contributed by atoms with van der Waals surface area (Å²) in [6.07, 6.45) is 73.5. The molecule has 0 aromatic rings. The van der Waals surface area contributed by atoms with Gasteiger partial charge in [-0.05, 0) is 83.5 Å². The highest BCUT2D eigenvalue weighted by Crippen LogP contribution is 2.16. The molecule has 0 heterocycles. The molecule has 0 aliphatic carbocycles. The molecule has 0 N–H and O–H groups in total. The van der Waals surface area contributed by atoms with Gasteiger partial charge in [0.25, 0.3) is 0 Å². The Morgan fingerprint density at radius 3 is 1.09 bits per heavy atom. The Morgan fingerprint density at radius 1 is 0.348 bits per heavy atom. The average Bonchev–Trinajstić information content (AvgIpc) is 3.32. The Bertz CT molecular complexity index is 1180. The molecule has 0 rings (SSSR count). The number of carbonyl (C=O) groups excluding carboxylic acids is 2. The Balaban J connectivity index is 4.27. The summed E-state index contributed by atoms with van der Waals surface area (Å²) < 4.78 is 17.5. The van der Waals surface area contributed by atoms with Crippen molar-refractivity contribution in [1.29, 1.82) is 0 Å². The molecule has 0 spiro atoms. The quantitative estimate of drug-likeness (QED) is 0.0346. The molecule has 0 radical (unpaired) electrons. The van der Waals surface area contributed by atoms with Gasteiger partial charge in [0.15, 0.2) is 6.10 Å². The van der Waals surface area contributed by atoms with Crippen LogP contribution >= 0.6 is 0 Å². The van der Waals surface area contributed by atoms with Crippen LogP contribution in [-0.2, 0) is 23.8 Å². The van der Waals surface area contributed by atoms with Crippen molar-refractivity contribution >= 4 is 11.9 Å². The summed E-state index contributed by atoms with van der Waals surface area (Å²) in [5.41, 5.74) is 0. The van der Waals surface area contributed by atoms with Gasteiger partial charge in [0, 0.05) is 19.4 Å². The van der Waals surface area contributed by atoms with Crippen LogP contribution in [0.4, 0.5) is 0 Å². The minimum atomic E-state index is -0.553. The van der Waals surface area contributed by atoms with Gasteiger partial charge in [-0.25, -0.2) is 0 Å². The Kier molecular flexibility index (Phi) is 54.4. The van der Waals surface area contributed by atoms with Gasteiger partial charge in [0.05, 0.1) is 6.61 Å². The normalized spacial score (nSPS) is 12.7. The zero-order valence-electron chi connectivity index (χ0n) is 44.0. The van der Waals surface area contributed by atoms with Crippen LogP contribution in [0.15, 0.2) is 72.9 Å². The zero-order valence-corrected chi connectivity index (χ0v) is 44.0. The van der Waals surface area contributed by atoms with Crippen LogP contribution < -0.4 is 0 Å². The van der Waals surface area contributed by atoms with Crippen molar-refractivity contribution in [2.75, 3.05) is 19.8 Å². The van der Waals surface area contributed by atoms with Crippen LogP contribution in [0.25, 0.3) is 0 Å². The Hall–Kier alpha value is -2.66. The number of hydrogen-bond acceptors (Lipinski definition) is 5. The SMILES string of the molecule is CC/C=C\C/C=C\C/C=C\CCCCCCCCOCC(COC(=O)CCCCCCCCCCCCCCCCCCCCC)OC(=O)CCCCCCC/C=C\C/C=C\C/C=C\CC. The molecule has 0 aromatic carbocycles. The maximum atomic E-state index is 12.8. The van der Waals surface area contributed by atoms with Crippen LogP contribution in [0, 0.1) is 0 Å². The van der Waals surface area contributed by atoms with Crippen molar-refractivity contribution in [2.24, 2.45) is 0 Å². The van der Waals surface area contributed by atoms with Gasteiger partial charge < -0.3 is 14.2 Å². The third-order valence-electron chi connectivity index (χ3n) is 12.2. The maximum absolute atomic E-state index is 12.8. The van der Waals surface area contributed by atoms with Crippen molar-refractivity contribution < 1.29 is 23.8 Å². The van der Waals surface area contributed by atoms with Crippen molar-refractivity contribution in [1.82, 2.24) is 0 Å². The molecule has 66 heavy (non-hydrogen) atoms. The zero-order chi connectivity index (χ0) is 47.7. The lowest BCUT2D eigenvalue weighted by Gasteiger charge is -2.18. The Labute approximate surface area is 410 Å². The van der Waals surface area contributed by atoms with Crippen LogP contribution in [0.5, 0.6) is 0 Å². The maximum Gasteiger partial charge on any atom is 0.306 e. The second-order valence-corrected chi connectivity index (χ2v) is 18.8. The molecule has 0 fully saturated rings. The first-order chi connectivity index (χ1) is 32.6. The first-order valence-electron chi connectivity index (χ1n) is 28.5. The summed E-state index contributed by atoms with van der Waals surface area (Å²) in [5, 5.41) is 0. The van der Waals surface area contributed by atoms with E-state index in [9.17, 15) is 9.59 Å². The molecular weight excluding hydrogens is 813 g/mol. The Morgan fingerprint density at radius 2 is 0.682 bits per heavy atom. The van der Waals surface area contributed by atoms with E-state index in [0.29, 0.717) is 19.4 Å². The number of allylic oxidation sites excluding steroid dienone is 12. The van der Waals surface area contributed by atoms with Gasteiger partial charge in [0.2, 0.25) is 0 Å². The topological polar surface area (TPSA) is 61.8 Å². The van der Waals surface area contributed by atoms with Crippen molar-refractivity contribution in [3.63, 3.8) is 0 Å². The predicted molar refractivity (Wildman–Crippen MR) is 288 cm³/mol. The molecule has 0 aromatic heterocycles. The standard InChI is InChI=1S/C61H108O5/c1-4-7-10-13-16-19-22-25-28-30-31-32-34-36-39-42-45-48-51-54-60(62)65-58-59(57-64-56-53-50-47-44-41-38-35-29-26-23-20-17-14-11-8-5-2)66-61(63)55-52-49-46-43-40-37-33-27-24-21-18-15-12-9-6-3/h8-9,11-12,17-18,20-21,26-27,29,33,59H,4-7,10,13-16,19,22-25,28,30-32,34-58H2,1-3H3/b11-8-,12-9-,20-17-,21-18-,29-26-,33-27-. The molecule has 382 valence electrons. The van der Waals surface area contributed by atoms with Gasteiger partial charge in [-0.1, -0.05) is 254 Å². The van der Waals surface area contributed by atoms with E-state index >= 15 is 0 Å². The van der Waals surface area contributed by atoms with E-state index in [1.807, 2.05) is 0 Å². The number of ether oxygens (including phenoxy) is 3. The number of hydrogen-bond donors (Lipinski definition) is 0. The fraction of sp³-hybridized carbons (Fsp3) is 0.770. The van der Waals surface area contributed by atoms with E-state index in [4.69, 9.17) is 14.2 Å². The minimum absolute atomic E-state index is 0.0734. The van der Waals surface area contributed by atoms with Crippen molar-refractivity contribution in [3.05, 3.63) is 72.9 Å². The molecule has 5 nitrogen and oxygen atoms in total. The van der Waals surface area contributed by atoms with Crippen molar-refractivity contribution in [3.8, 4) is 0 Å². The summed E-state index contributed by atoms with van der Waals surface area (Å²) in [6.45, 7) is 7.60. The molecule has 0 bridgehead atoms. The number of rotatable bonds is 52. The van der Waals surface area contributed by atoms with Gasteiger partial charge in [-0.3, -0.25) is 9.59 Å². The van der Waals surface area contributed by atoms with E-state index in [2.05, 4.69) is 93.7 Å². The fourth-order valence-corrected chi connectivity index (χ4v) is 8.07. The third kappa shape index (κ3) is 54.0. The summed E-state index contributed by atoms with van der Waals surface area (Å²) >= 11 is 0. The molecular formula is C61H108O5. The van der Waals surface area contributed by atoms with Crippen molar-refractivity contribution in [2.45, 2.75) is 284 Å². The second kappa shape index (κ2) is 56.7. The van der Waals surface area contributed by atoms with Crippen LogP contribution in [0.3, 0.4) is 0 Å². The van der Waals surface area contributed by atoms with Gasteiger partial charge in [0.1, 0.15) is 6.61 Å². The number of unbranched alkanes of at least 4 members (excludes halogenated alkanes) is 29. The number of esters is 2. The lowest BCUT2D eigenvalue weighted by atomic mass is 10.0. The summed E-state index contributed by atoms with van der Waals surface area (Å²) in [7, 11) is 0. The van der Waals surface area contributed by atoms with Crippen LogP contribution in [0.2, 0.25) is 0 Å². The lowest BCUT2D eigenvalue weighted by molar-refractivity contribution is -0.163. The second-order valence-electron chi connectivity index (χ2n) is 18.8. The molecule has 0 aliphatic rings.